The van der Waals surface area contributed by atoms with Crippen LogP contribution in [0.5, 0.6) is 0 Å². The van der Waals surface area contributed by atoms with Crippen LogP contribution in [0.15, 0.2) is 47.1 Å². The molecule has 0 amide bonds. The van der Waals surface area contributed by atoms with E-state index in [0.29, 0.717) is 5.92 Å². The Kier molecular flexibility index (Phi) is 3.60. The molecule has 0 saturated heterocycles. The molecule has 0 unspecified atom stereocenters. The van der Waals surface area contributed by atoms with Gasteiger partial charge in [-0.05, 0) is 43.5 Å². The van der Waals surface area contributed by atoms with Gasteiger partial charge in [0.15, 0.2) is 17.4 Å². The number of nitrogens with zero attached hydrogens (tertiary/aromatic N) is 2. The number of fused-ring (bicyclic) bond motifs is 3. The van der Waals surface area contributed by atoms with Gasteiger partial charge in [0, 0.05) is 28.8 Å². The molecule has 126 valence electrons. The average molecular weight is 331 g/mol. The molecule has 0 aliphatic carbocycles. The van der Waals surface area contributed by atoms with Crippen molar-refractivity contribution in [3.05, 3.63) is 59.4 Å². The van der Waals surface area contributed by atoms with Gasteiger partial charge in [0.2, 0.25) is 5.69 Å². The number of benzene rings is 1. The number of rotatable bonds is 2. The third-order valence-corrected chi connectivity index (χ3v) is 4.92. The fourth-order valence-corrected chi connectivity index (χ4v) is 3.62. The van der Waals surface area contributed by atoms with Gasteiger partial charge in [0.25, 0.3) is 0 Å². The van der Waals surface area contributed by atoms with E-state index in [1.807, 2.05) is 6.20 Å². The highest BCUT2D eigenvalue weighted by atomic mass is 16.3. The molecule has 0 radical (unpaired) electrons. The van der Waals surface area contributed by atoms with E-state index in [9.17, 15) is 0 Å². The number of aryl methyl sites for hydroxylation is 3. The van der Waals surface area contributed by atoms with E-state index in [2.05, 4.69) is 80.8 Å². The molecule has 0 aliphatic heterocycles. The number of furan rings is 1. The van der Waals surface area contributed by atoms with Crippen LogP contribution >= 0.6 is 0 Å². The van der Waals surface area contributed by atoms with E-state index in [-0.39, 0.29) is 0 Å². The van der Waals surface area contributed by atoms with Crippen LogP contribution in [0.3, 0.4) is 0 Å². The SMILES string of the molecule is Cc1ccc(-c2c(C)ccc3c2oc2c(C(C)C)ccnc23)[n+](C)c1. The Labute approximate surface area is 147 Å². The summed E-state index contributed by atoms with van der Waals surface area (Å²) < 4.78 is 8.59. The van der Waals surface area contributed by atoms with Crippen molar-refractivity contribution in [2.24, 2.45) is 7.05 Å². The van der Waals surface area contributed by atoms with Crippen LogP contribution in [-0.2, 0) is 7.05 Å². The Morgan fingerprint density at radius 2 is 1.80 bits per heavy atom. The lowest BCUT2D eigenvalue weighted by Gasteiger charge is -2.06. The van der Waals surface area contributed by atoms with Crippen molar-refractivity contribution in [3.63, 3.8) is 0 Å². The molecule has 0 aliphatic rings. The lowest BCUT2D eigenvalue weighted by Crippen LogP contribution is -2.31. The largest absolute Gasteiger partial charge is 0.453 e. The molecule has 3 heterocycles. The second kappa shape index (κ2) is 5.69. The zero-order valence-corrected chi connectivity index (χ0v) is 15.4. The van der Waals surface area contributed by atoms with Crippen LogP contribution in [0.25, 0.3) is 33.3 Å². The van der Waals surface area contributed by atoms with E-state index >= 15 is 0 Å². The molecule has 3 heteroatoms. The van der Waals surface area contributed by atoms with E-state index < -0.39 is 0 Å². The van der Waals surface area contributed by atoms with E-state index in [0.717, 1.165) is 33.3 Å². The summed E-state index contributed by atoms with van der Waals surface area (Å²) in [6.07, 6.45) is 4.03. The zero-order chi connectivity index (χ0) is 17.7. The second-order valence-corrected chi connectivity index (χ2v) is 7.17. The predicted molar refractivity (Wildman–Crippen MR) is 102 cm³/mol. The molecule has 0 fully saturated rings. The third-order valence-electron chi connectivity index (χ3n) is 4.92. The minimum atomic E-state index is 0.395. The Morgan fingerprint density at radius 1 is 1.00 bits per heavy atom. The molecule has 0 saturated carbocycles. The lowest BCUT2D eigenvalue weighted by molar-refractivity contribution is -0.660. The maximum atomic E-state index is 6.42. The predicted octanol–water partition coefficient (Wildman–Crippen LogP) is 5.21. The van der Waals surface area contributed by atoms with Crippen molar-refractivity contribution in [3.8, 4) is 11.3 Å². The normalized spacial score (nSPS) is 11.8. The van der Waals surface area contributed by atoms with E-state index in [1.165, 1.54) is 16.7 Å². The monoisotopic (exact) mass is 331 g/mol. The smallest absolute Gasteiger partial charge is 0.216 e. The highest BCUT2D eigenvalue weighted by molar-refractivity contribution is 6.08. The highest BCUT2D eigenvalue weighted by Crippen LogP contribution is 2.38. The first-order valence-electron chi connectivity index (χ1n) is 8.74. The molecular weight excluding hydrogens is 308 g/mol. The molecule has 0 atom stereocenters. The first-order valence-corrected chi connectivity index (χ1v) is 8.74. The zero-order valence-electron chi connectivity index (χ0n) is 15.4. The molecule has 1 aromatic carbocycles. The molecule has 0 bridgehead atoms. The second-order valence-electron chi connectivity index (χ2n) is 7.17. The van der Waals surface area contributed by atoms with Crippen LogP contribution in [-0.4, -0.2) is 4.98 Å². The molecular formula is C22H23N2O+. The Hall–Kier alpha value is -2.68. The third kappa shape index (κ3) is 2.42. The van der Waals surface area contributed by atoms with Crippen LogP contribution in [0, 0.1) is 13.8 Å². The van der Waals surface area contributed by atoms with Crippen molar-refractivity contribution in [1.82, 2.24) is 4.98 Å². The molecule has 3 aromatic heterocycles. The molecule has 4 rings (SSSR count). The quantitative estimate of drug-likeness (QED) is 0.472. The molecule has 25 heavy (non-hydrogen) atoms. The van der Waals surface area contributed by atoms with Gasteiger partial charge in [-0.25, -0.2) is 4.57 Å². The van der Waals surface area contributed by atoms with Gasteiger partial charge < -0.3 is 4.42 Å². The van der Waals surface area contributed by atoms with Gasteiger partial charge in [-0.15, -0.1) is 0 Å². The van der Waals surface area contributed by atoms with Crippen molar-refractivity contribution in [2.75, 3.05) is 0 Å². The summed E-state index contributed by atoms with van der Waals surface area (Å²) in [4.78, 5) is 4.61. The van der Waals surface area contributed by atoms with Gasteiger partial charge in [-0.1, -0.05) is 19.9 Å². The fraction of sp³-hybridized carbons (Fsp3) is 0.273. The number of hydrogen-bond donors (Lipinski definition) is 0. The van der Waals surface area contributed by atoms with Crippen LogP contribution in [0.2, 0.25) is 0 Å². The van der Waals surface area contributed by atoms with Crippen LogP contribution in [0.4, 0.5) is 0 Å². The van der Waals surface area contributed by atoms with Gasteiger partial charge in [-0.2, -0.15) is 0 Å². The summed E-state index contributed by atoms with van der Waals surface area (Å²) in [5, 5.41) is 1.08. The number of pyridine rings is 2. The topological polar surface area (TPSA) is 29.9 Å². The van der Waals surface area contributed by atoms with Gasteiger partial charge >= 0.3 is 0 Å². The van der Waals surface area contributed by atoms with E-state index in [4.69, 9.17) is 4.42 Å². The van der Waals surface area contributed by atoms with Crippen molar-refractivity contribution in [1.29, 1.82) is 0 Å². The van der Waals surface area contributed by atoms with Gasteiger partial charge in [0.1, 0.15) is 12.6 Å². The van der Waals surface area contributed by atoms with Crippen molar-refractivity contribution in [2.45, 2.75) is 33.6 Å². The summed E-state index contributed by atoms with van der Waals surface area (Å²) in [6, 6.07) is 10.7. The van der Waals surface area contributed by atoms with E-state index in [1.54, 1.807) is 0 Å². The van der Waals surface area contributed by atoms with Crippen LogP contribution < -0.4 is 4.57 Å². The average Bonchev–Trinajstić information content (AvgIpc) is 2.94. The minimum absolute atomic E-state index is 0.395. The Morgan fingerprint density at radius 3 is 2.52 bits per heavy atom. The lowest BCUT2D eigenvalue weighted by atomic mass is 10.0. The summed E-state index contributed by atoms with van der Waals surface area (Å²) in [7, 11) is 2.08. The number of hydrogen-bond acceptors (Lipinski definition) is 2. The Bertz CT molecular complexity index is 1110. The summed E-state index contributed by atoms with van der Waals surface area (Å²) >= 11 is 0. The molecule has 4 aromatic rings. The van der Waals surface area contributed by atoms with Gasteiger partial charge in [-0.3, -0.25) is 4.98 Å². The first kappa shape index (κ1) is 15.8. The molecule has 3 nitrogen and oxygen atoms in total. The maximum Gasteiger partial charge on any atom is 0.216 e. The van der Waals surface area contributed by atoms with Crippen LogP contribution in [0.1, 0.15) is 36.5 Å². The van der Waals surface area contributed by atoms with Crippen molar-refractivity contribution >= 4 is 22.1 Å². The highest BCUT2D eigenvalue weighted by Gasteiger charge is 2.22. The number of aromatic nitrogens is 2. The first-order chi connectivity index (χ1) is 12.0. The summed E-state index contributed by atoms with van der Waals surface area (Å²) in [6.45, 7) is 8.62. The van der Waals surface area contributed by atoms with Gasteiger partial charge in [0.05, 0.1) is 5.56 Å². The molecule has 0 spiro atoms. The standard InChI is InChI=1S/C22H23N2O/c1-13(2)16-10-11-23-20-17-8-7-15(4)19(21(17)25-22(16)20)18-9-6-14(3)12-24(18)5/h6-13H,1-5H3/q+1. The summed E-state index contributed by atoms with van der Waals surface area (Å²) in [5.41, 5.74) is 8.74. The minimum Gasteiger partial charge on any atom is -0.453 e. The fourth-order valence-electron chi connectivity index (χ4n) is 3.62. The van der Waals surface area contributed by atoms with Crippen molar-refractivity contribution < 1.29 is 8.98 Å². The Balaban J connectivity index is 2.13. The molecule has 0 N–H and O–H groups in total. The summed E-state index contributed by atoms with van der Waals surface area (Å²) in [5.74, 6) is 0.395. The maximum absolute atomic E-state index is 6.42.